The Balaban J connectivity index is 0.00000128. The van der Waals surface area contributed by atoms with Crippen molar-refractivity contribution >= 4 is 29.3 Å². The van der Waals surface area contributed by atoms with Crippen LogP contribution in [0.4, 0.5) is 4.39 Å². The summed E-state index contributed by atoms with van der Waals surface area (Å²) in [5.41, 5.74) is -1.06. The number of carboxylic acid groups (broad SMARTS) is 1. The SMILES string of the molecule is Cl.O=C(O)c1c[nH]c2c(F)cccc2c1=O. The van der Waals surface area contributed by atoms with E-state index in [0.717, 1.165) is 6.20 Å². The number of carboxylic acids is 1. The lowest BCUT2D eigenvalue weighted by Crippen LogP contribution is -2.15. The molecule has 0 atom stereocenters. The van der Waals surface area contributed by atoms with Crippen LogP contribution in [-0.2, 0) is 0 Å². The maximum atomic E-state index is 13.2. The molecule has 1 aromatic carbocycles. The first-order valence-corrected chi connectivity index (χ1v) is 4.14. The average molecular weight is 244 g/mol. The van der Waals surface area contributed by atoms with Gasteiger partial charge >= 0.3 is 5.97 Å². The quantitative estimate of drug-likeness (QED) is 0.802. The van der Waals surface area contributed by atoms with Gasteiger partial charge < -0.3 is 10.1 Å². The first kappa shape index (κ1) is 12.2. The minimum absolute atomic E-state index is 0. The number of rotatable bonds is 1. The van der Waals surface area contributed by atoms with Gasteiger partial charge in [0.1, 0.15) is 11.4 Å². The van der Waals surface area contributed by atoms with Crippen molar-refractivity contribution in [2.75, 3.05) is 0 Å². The van der Waals surface area contributed by atoms with Crippen LogP contribution < -0.4 is 5.43 Å². The van der Waals surface area contributed by atoms with E-state index in [1.54, 1.807) is 0 Å². The van der Waals surface area contributed by atoms with E-state index in [4.69, 9.17) is 5.11 Å². The number of hydrogen-bond donors (Lipinski definition) is 2. The number of nitrogens with one attached hydrogen (secondary N) is 1. The molecule has 4 nitrogen and oxygen atoms in total. The molecule has 0 aliphatic rings. The van der Waals surface area contributed by atoms with Crippen molar-refractivity contribution in [1.82, 2.24) is 4.98 Å². The molecule has 0 saturated carbocycles. The van der Waals surface area contributed by atoms with Crippen LogP contribution in [0.15, 0.2) is 29.2 Å². The molecule has 84 valence electrons. The Bertz CT molecular complexity index is 609. The Morgan fingerprint density at radius 1 is 1.38 bits per heavy atom. The Hall–Kier alpha value is -1.88. The lowest BCUT2D eigenvalue weighted by molar-refractivity contribution is 0.0695. The van der Waals surface area contributed by atoms with Crippen LogP contribution in [0.1, 0.15) is 10.4 Å². The van der Waals surface area contributed by atoms with E-state index in [1.807, 2.05) is 0 Å². The molecule has 0 radical (unpaired) electrons. The molecule has 0 bridgehead atoms. The standard InChI is InChI=1S/C10H6FNO3.ClH/c11-7-3-1-2-5-8(7)12-4-6(9(5)13)10(14)15;/h1-4H,(H,12,13)(H,14,15);1H. The topological polar surface area (TPSA) is 70.2 Å². The minimum atomic E-state index is -1.33. The van der Waals surface area contributed by atoms with Crippen LogP contribution in [0.5, 0.6) is 0 Å². The number of pyridine rings is 1. The summed E-state index contributed by atoms with van der Waals surface area (Å²) in [6, 6.07) is 3.93. The Labute approximate surface area is 95.1 Å². The molecular weight excluding hydrogens is 237 g/mol. The molecule has 1 heterocycles. The van der Waals surface area contributed by atoms with Crippen LogP contribution in [0.3, 0.4) is 0 Å². The number of carbonyl (C=O) groups is 1. The van der Waals surface area contributed by atoms with Crippen molar-refractivity contribution in [1.29, 1.82) is 0 Å². The van der Waals surface area contributed by atoms with E-state index in [2.05, 4.69) is 4.98 Å². The number of aromatic nitrogens is 1. The maximum Gasteiger partial charge on any atom is 0.341 e. The largest absolute Gasteiger partial charge is 0.477 e. The van der Waals surface area contributed by atoms with E-state index in [9.17, 15) is 14.0 Å². The fourth-order valence-electron chi connectivity index (χ4n) is 1.37. The van der Waals surface area contributed by atoms with Crippen molar-refractivity contribution in [2.45, 2.75) is 0 Å². The molecule has 0 fully saturated rings. The summed E-state index contributed by atoms with van der Waals surface area (Å²) < 4.78 is 13.2. The molecule has 1 aromatic heterocycles. The molecule has 0 saturated heterocycles. The zero-order valence-electron chi connectivity index (χ0n) is 7.86. The van der Waals surface area contributed by atoms with E-state index in [1.165, 1.54) is 18.2 Å². The second kappa shape index (κ2) is 4.32. The molecule has 0 aliphatic carbocycles. The van der Waals surface area contributed by atoms with Crippen molar-refractivity contribution < 1.29 is 14.3 Å². The normalized spacial score (nSPS) is 9.81. The molecule has 0 unspecified atom stereocenters. The number of halogens is 2. The van der Waals surface area contributed by atoms with E-state index in [0.29, 0.717) is 0 Å². The molecule has 16 heavy (non-hydrogen) atoms. The van der Waals surface area contributed by atoms with Gasteiger partial charge in [0.25, 0.3) is 0 Å². The van der Waals surface area contributed by atoms with Gasteiger partial charge in [-0.1, -0.05) is 6.07 Å². The van der Waals surface area contributed by atoms with Crippen LogP contribution >= 0.6 is 12.4 Å². The van der Waals surface area contributed by atoms with Gasteiger partial charge in [-0.05, 0) is 12.1 Å². The number of aromatic carboxylic acids is 1. The summed E-state index contributed by atoms with van der Waals surface area (Å²) in [4.78, 5) is 24.6. The number of H-pyrrole nitrogens is 1. The van der Waals surface area contributed by atoms with Gasteiger partial charge in [-0.3, -0.25) is 4.79 Å². The molecular formula is C10H7ClFNO3. The Morgan fingerprint density at radius 3 is 2.69 bits per heavy atom. The molecule has 0 spiro atoms. The third kappa shape index (κ3) is 1.77. The summed E-state index contributed by atoms with van der Waals surface area (Å²) in [6.45, 7) is 0. The Kier molecular flexibility index (Phi) is 3.29. The highest BCUT2D eigenvalue weighted by molar-refractivity contribution is 5.92. The molecule has 0 amide bonds. The van der Waals surface area contributed by atoms with E-state index < -0.39 is 22.8 Å². The predicted molar refractivity (Wildman–Crippen MR) is 58.7 cm³/mol. The fraction of sp³-hybridized carbons (Fsp3) is 0. The number of fused-ring (bicyclic) bond motifs is 1. The lowest BCUT2D eigenvalue weighted by Gasteiger charge is -2.00. The van der Waals surface area contributed by atoms with Gasteiger partial charge in [-0.15, -0.1) is 12.4 Å². The third-order valence-corrected chi connectivity index (χ3v) is 2.09. The van der Waals surface area contributed by atoms with Gasteiger partial charge in [-0.25, -0.2) is 9.18 Å². The van der Waals surface area contributed by atoms with Crippen molar-refractivity contribution in [3.8, 4) is 0 Å². The number of benzene rings is 1. The second-order valence-electron chi connectivity index (χ2n) is 3.00. The Morgan fingerprint density at radius 2 is 2.06 bits per heavy atom. The second-order valence-corrected chi connectivity index (χ2v) is 3.00. The average Bonchev–Trinajstić information content (AvgIpc) is 2.19. The van der Waals surface area contributed by atoms with Crippen LogP contribution in [0.2, 0.25) is 0 Å². The van der Waals surface area contributed by atoms with E-state index in [-0.39, 0.29) is 23.3 Å². The highest BCUT2D eigenvalue weighted by Crippen LogP contribution is 2.11. The van der Waals surface area contributed by atoms with Gasteiger partial charge in [0.2, 0.25) is 5.43 Å². The molecule has 2 aromatic rings. The summed E-state index contributed by atoms with van der Waals surface area (Å²) >= 11 is 0. The summed E-state index contributed by atoms with van der Waals surface area (Å²) in [5.74, 6) is -1.91. The zero-order chi connectivity index (χ0) is 11.0. The number of hydrogen-bond acceptors (Lipinski definition) is 2. The molecule has 0 aliphatic heterocycles. The smallest absolute Gasteiger partial charge is 0.341 e. The molecule has 6 heteroatoms. The van der Waals surface area contributed by atoms with Gasteiger partial charge in [-0.2, -0.15) is 0 Å². The summed E-state index contributed by atoms with van der Waals surface area (Å²) in [5, 5.41) is 8.72. The van der Waals surface area contributed by atoms with Gasteiger partial charge in [0.15, 0.2) is 0 Å². The molecule has 2 N–H and O–H groups in total. The van der Waals surface area contributed by atoms with E-state index >= 15 is 0 Å². The van der Waals surface area contributed by atoms with Crippen LogP contribution in [0, 0.1) is 5.82 Å². The zero-order valence-corrected chi connectivity index (χ0v) is 8.68. The van der Waals surface area contributed by atoms with Gasteiger partial charge in [0.05, 0.1) is 5.52 Å². The van der Waals surface area contributed by atoms with Crippen LogP contribution in [-0.4, -0.2) is 16.1 Å². The molecule has 2 rings (SSSR count). The monoisotopic (exact) mass is 243 g/mol. The number of para-hydroxylation sites is 1. The van der Waals surface area contributed by atoms with Crippen LogP contribution in [0.25, 0.3) is 10.9 Å². The van der Waals surface area contributed by atoms with Gasteiger partial charge in [0, 0.05) is 11.6 Å². The van der Waals surface area contributed by atoms with Crippen molar-refractivity contribution in [3.63, 3.8) is 0 Å². The predicted octanol–water partition coefficient (Wildman–Crippen LogP) is 1.79. The van der Waals surface area contributed by atoms with Crippen molar-refractivity contribution in [2.24, 2.45) is 0 Å². The first-order valence-electron chi connectivity index (χ1n) is 4.14. The summed E-state index contributed by atoms with van der Waals surface area (Å²) in [6.07, 6.45) is 0.996. The highest BCUT2D eigenvalue weighted by atomic mass is 35.5. The minimum Gasteiger partial charge on any atom is -0.477 e. The first-order chi connectivity index (χ1) is 7.11. The number of aromatic amines is 1. The van der Waals surface area contributed by atoms with Crippen molar-refractivity contribution in [3.05, 3.63) is 46.0 Å². The lowest BCUT2D eigenvalue weighted by atomic mass is 10.1. The highest BCUT2D eigenvalue weighted by Gasteiger charge is 2.12. The fourth-order valence-corrected chi connectivity index (χ4v) is 1.37. The maximum absolute atomic E-state index is 13.2. The third-order valence-electron chi connectivity index (χ3n) is 2.09. The summed E-state index contributed by atoms with van der Waals surface area (Å²) in [7, 11) is 0.